The van der Waals surface area contributed by atoms with E-state index in [9.17, 15) is 4.39 Å². The summed E-state index contributed by atoms with van der Waals surface area (Å²) < 4.78 is 38.6. The summed E-state index contributed by atoms with van der Waals surface area (Å²) in [4.78, 5) is 2.12. The number of hydrogen-bond donors (Lipinski definition) is 4. The molecule has 3 rings (SSSR count). The predicted molar refractivity (Wildman–Crippen MR) is 176 cm³/mol. The normalized spacial score (nSPS) is 12.6. The van der Waals surface area contributed by atoms with E-state index in [0.29, 0.717) is 52.6 Å². The van der Waals surface area contributed by atoms with E-state index >= 15 is 0 Å². The molecular weight excluding hydrogens is 595 g/mol. The third-order valence-corrected chi connectivity index (χ3v) is 7.12. The number of hydrogen-bond acceptors (Lipinski definition) is 9. The van der Waals surface area contributed by atoms with Crippen molar-refractivity contribution in [2.24, 2.45) is 0 Å². The first-order valence-electron chi connectivity index (χ1n) is 15.7. The van der Waals surface area contributed by atoms with Gasteiger partial charge in [0, 0.05) is 30.9 Å². The van der Waals surface area contributed by atoms with Crippen molar-refractivity contribution in [1.82, 2.24) is 0 Å². The molecule has 0 heterocycles. The highest BCUT2D eigenvalue weighted by atomic mass is 19.1. The molecule has 0 fully saturated rings. The Labute approximate surface area is 270 Å². The van der Waals surface area contributed by atoms with Gasteiger partial charge in [-0.1, -0.05) is 24.3 Å². The number of aliphatic hydroxyl groups excluding tert-OH is 4. The van der Waals surface area contributed by atoms with E-state index in [1.165, 1.54) is 12.1 Å². The molecule has 252 valence electrons. The predicted octanol–water partition coefficient (Wildman–Crippen LogP) is 2.05. The van der Waals surface area contributed by atoms with Gasteiger partial charge in [0.25, 0.3) is 0 Å². The number of ether oxygens (including phenoxy) is 4. The third-order valence-electron chi connectivity index (χ3n) is 7.12. The highest BCUT2D eigenvalue weighted by molar-refractivity contribution is 6.04. The zero-order valence-electron chi connectivity index (χ0n) is 26.4. The van der Waals surface area contributed by atoms with Crippen LogP contribution in [0.25, 0.3) is 5.57 Å². The lowest BCUT2D eigenvalue weighted by atomic mass is 9.90. The number of rotatable bonds is 23. The summed E-state index contributed by atoms with van der Waals surface area (Å²) in [6.45, 7) is 5.05. The minimum Gasteiger partial charge on any atom is -0.394 e. The number of anilines is 1. The van der Waals surface area contributed by atoms with Crippen molar-refractivity contribution in [3.05, 3.63) is 95.4 Å². The Morgan fingerprint density at radius 2 is 1.13 bits per heavy atom. The van der Waals surface area contributed by atoms with Crippen molar-refractivity contribution < 1.29 is 48.3 Å². The number of allylic oxidation sites excluding steroid dienone is 5. The van der Waals surface area contributed by atoms with Gasteiger partial charge in [-0.2, -0.15) is 0 Å². The van der Waals surface area contributed by atoms with Crippen LogP contribution in [0.2, 0.25) is 0 Å². The van der Waals surface area contributed by atoms with Crippen molar-refractivity contribution in [3.8, 4) is 0 Å². The maximum atomic E-state index is 14.5. The largest absolute Gasteiger partial charge is 0.394 e. The van der Waals surface area contributed by atoms with E-state index in [1.54, 1.807) is 6.07 Å². The molecule has 0 bridgehead atoms. The van der Waals surface area contributed by atoms with Crippen molar-refractivity contribution in [2.45, 2.75) is 0 Å². The molecule has 0 radical (unpaired) electrons. The molecule has 2 aromatic carbocycles. The first-order valence-corrected chi connectivity index (χ1v) is 15.7. The van der Waals surface area contributed by atoms with Crippen LogP contribution in [0.5, 0.6) is 0 Å². The van der Waals surface area contributed by atoms with Crippen LogP contribution in [0.15, 0.2) is 78.4 Å². The van der Waals surface area contributed by atoms with Crippen LogP contribution < -0.4 is 4.90 Å². The summed E-state index contributed by atoms with van der Waals surface area (Å²) >= 11 is 0. The molecule has 0 spiro atoms. The van der Waals surface area contributed by atoms with Gasteiger partial charge in [0.1, 0.15) is 19.0 Å². The van der Waals surface area contributed by atoms with Crippen LogP contribution >= 0.6 is 0 Å². The van der Waals surface area contributed by atoms with Gasteiger partial charge in [0.15, 0.2) is 18.8 Å². The molecule has 0 aliphatic heterocycles. The second kappa shape index (κ2) is 22.3. The molecule has 0 aromatic heterocycles. The molecule has 0 atom stereocenters. The van der Waals surface area contributed by atoms with E-state index in [2.05, 4.69) is 9.48 Å². The fourth-order valence-electron chi connectivity index (χ4n) is 4.93. The fraction of sp³-hybridized carbons (Fsp3) is 0.457. The standard InChI is InChI=1S/C35H48FN2O8/c36-32-3-1-2-31(28-32)35(29-4-8-33(9-5-29)37(12-20-43-24-16-39)13-21-44-25-17-40)30-6-10-34(11-7-30)38(14-22-45-26-18-41)15-23-46-27-19-42/h1-11,28,39-42H,12-27H2/q+1. The van der Waals surface area contributed by atoms with Crippen LogP contribution in [0, 0.1) is 5.82 Å². The molecule has 11 heteroatoms. The second-order valence-corrected chi connectivity index (χ2v) is 10.3. The minimum absolute atomic E-state index is 0.0376. The highest BCUT2D eigenvalue weighted by Gasteiger charge is 2.17. The molecule has 4 N–H and O–H groups in total. The summed E-state index contributed by atoms with van der Waals surface area (Å²) in [5.41, 5.74) is 5.38. The lowest BCUT2D eigenvalue weighted by molar-refractivity contribution is -0.532. The Morgan fingerprint density at radius 1 is 0.609 bits per heavy atom. The number of benzene rings is 2. The molecule has 0 saturated heterocycles. The summed E-state index contributed by atoms with van der Waals surface area (Å²) in [5, 5.41) is 36.2. The lowest BCUT2D eigenvalue weighted by Gasteiger charge is -2.25. The quantitative estimate of drug-likeness (QED) is 0.106. The Balaban J connectivity index is 1.91. The smallest absolute Gasteiger partial charge is 0.200 e. The van der Waals surface area contributed by atoms with Gasteiger partial charge < -0.3 is 44.3 Å². The zero-order valence-corrected chi connectivity index (χ0v) is 26.4. The molecule has 46 heavy (non-hydrogen) atoms. The van der Waals surface area contributed by atoms with E-state index in [-0.39, 0.29) is 58.7 Å². The Bertz CT molecular complexity index is 1240. The van der Waals surface area contributed by atoms with Gasteiger partial charge >= 0.3 is 0 Å². The summed E-state index contributed by atoms with van der Waals surface area (Å²) in [6.07, 6.45) is 8.06. The molecule has 2 aromatic rings. The topological polar surface area (TPSA) is 124 Å². The Morgan fingerprint density at radius 3 is 1.63 bits per heavy atom. The molecule has 1 aliphatic rings. The van der Waals surface area contributed by atoms with E-state index in [1.807, 2.05) is 54.6 Å². The fourth-order valence-corrected chi connectivity index (χ4v) is 4.93. The summed E-state index contributed by atoms with van der Waals surface area (Å²) in [7, 11) is 0. The second-order valence-electron chi connectivity index (χ2n) is 10.3. The molecule has 0 saturated carbocycles. The molecular formula is C35H48FN2O8+. The van der Waals surface area contributed by atoms with Crippen molar-refractivity contribution in [1.29, 1.82) is 0 Å². The van der Waals surface area contributed by atoms with Crippen LogP contribution in [-0.4, -0.2) is 136 Å². The van der Waals surface area contributed by atoms with Gasteiger partial charge in [0.05, 0.1) is 66.1 Å². The minimum atomic E-state index is -0.322. The first-order chi connectivity index (χ1) is 22.6. The first kappa shape index (κ1) is 37.2. The number of halogens is 1. The van der Waals surface area contributed by atoms with Gasteiger partial charge in [-0.15, -0.1) is 0 Å². The van der Waals surface area contributed by atoms with Crippen LogP contribution in [0.4, 0.5) is 10.1 Å². The lowest BCUT2D eigenvalue weighted by Crippen LogP contribution is -2.31. The average molecular weight is 644 g/mol. The van der Waals surface area contributed by atoms with E-state index in [0.717, 1.165) is 33.7 Å². The highest BCUT2D eigenvalue weighted by Crippen LogP contribution is 2.31. The van der Waals surface area contributed by atoms with Gasteiger partial charge in [-0.3, -0.25) is 0 Å². The molecule has 0 amide bonds. The average Bonchev–Trinajstić information content (AvgIpc) is 3.08. The molecule has 0 unspecified atom stereocenters. The summed E-state index contributed by atoms with van der Waals surface area (Å²) in [5.74, 6) is -0.322. The zero-order chi connectivity index (χ0) is 32.8. The van der Waals surface area contributed by atoms with Gasteiger partial charge in [-0.25, -0.2) is 8.97 Å². The molecule has 10 nitrogen and oxygen atoms in total. The Kier molecular flexibility index (Phi) is 18.0. The van der Waals surface area contributed by atoms with Crippen LogP contribution in [0.1, 0.15) is 11.1 Å². The van der Waals surface area contributed by atoms with Crippen LogP contribution in [-0.2, 0) is 18.9 Å². The Hall–Kier alpha value is -3.26. The van der Waals surface area contributed by atoms with E-state index < -0.39 is 0 Å². The van der Waals surface area contributed by atoms with Gasteiger partial charge in [-0.05, 0) is 58.7 Å². The number of nitrogens with zero attached hydrogens (tertiary/aromatic N) is 2. The molecule has 1 aliphatic carbocycles. The van der Waals surface area contributed by atoms with Crippen molar-refractivity contribution in [2.75, 3.05) is 110 Å². The van der Waals surface area contributed by atoms with Gasteiger partial charge in [0.2, 0.25) is 0 Å². The monoisotopic (exact) mass is 643 g/mol. The van der Waals surface area contributed by atoms with E-state index in [4.69, 9.17) is 39.4 Å². The third kappa shape index (κ3) is 12.9. The van der Waals surface area contributed by atoms with Crippen molar-refractivity contribution in [3.63, 3.8) is 0 Å². The maximum absolute atomic E-state index is 14.5. The number of aliphatic hydroxyl groups is 4. The van der Waals surface area contributed by atoms with Crippen LogP contribution in [0.3, 0.4) is 0 Å². The maximum Gasteiger partial charge on any atom is 0.200 e. The SMILES string of the molecule is OCCOCCN(CCOCCO)c1ccc(C(=C2C=CC(=[N+](CCOCCO)CCOCCO)C=C2)c2cccc(F)c2)cc1. The summed E-state index contributed by atoms with van der Waals surface area (Å²) in [6, 6.07) is 14.6. The van der Waals surface area contributed by atoms with Crippen molar-refractivity contribution >= 4 is 17.0 Å².